The molecule has 1 heterocycles. The van der Waals surface area contributed by atoms with Crippen LogP contribution in [0.1, 0.15) is 26.2 Å². The Morgan fingerprint density at radius 2 is 2.31 bits per heavy atom. The minimum atomic E-state index is -2.44. The fourth-order valence-corrected chi connectivity index (χ4v) is 2.05. The lowest BCUT2D eigenvalue weighted by atomic mass is 9.98. The molecule has 1 aliphatic rings. The number of rotatable bonds is 5. The number of hydrogen-bond donors (Lipinski definition) is 1. The molecule has 1 unspecified atom stereocenters. The smallest absolute Gasteiger partial charge is 0.255 e. The number of amides is 1. The maximum absolute atomic E-state index is 12.3. The van der Waals surface area contributed by atoms with Crippen molar-refractivity contribution < 1.29 is 13.6 Å². The fraction of sp³-hybridized carbons (Fsp3) is 0.909. The van der Waals surface area contributed by atoms with Crippen LogP contribution in [0, 0.1) is 5.92 Å². The van der Waals surface area contributed by atoms with Crippen LogP contribution in [0.5, 0.6) is 0 Å². The van der Waals surface area contributed by atoms with Gasteiger partial charge in [-0.1, -0.05) is 6.92 Å². The summed E-state index contributed by atoms with van der Waals surface area (Å²) in [5.41, 5.74) is 0. The minimum absolute atomic E-state index is 0.112. The first-order chi connectivity index (χ1) is 7.65. The van der Waals surface area contributed by atoms with E-state index >= 15 is 0 Å². The fourth-order valence-electron chi connectivity index (χ4n) is 2.05. The van der Waals surface area contributed by atoms with E-state index in [0.717, 1.165) is 25.8 Å². The zero-order valence-corrected chi connectivity index (χ0v) is 9.72. The summed E-state index contributed by atoms with van der Waals surface area (Å²) < 4.78 is 24.7. The minimum Gasteiger partial charge on any atom is -0.337 e. The standard InChI is InChI=1S/C11H20F2N2O/c1-2-6-15(8-10(12)13)11(16)9-4-3-5-14-7-9/h9-10,14H,2-8H2,1H3. The predicted molar refractivity (Wildman–Crippen MR) is 58.5 cm³/mol. The van der Waals surface area contributed by atoms with Gasteiger partial charge in [-0.05, 0) is 25.8 Å². The van der Waals surface area contributed by atoms with E-state index in [2.05, 4.69) is 5.32 Å². The zero-order valence-electron chi connectivity index (χ0n) is 9.72. The van der Waals surface area contributed by atoms with Crippen LogP contribution >= 0.6 is 0 Å². The van der Waals surface area contributed by atoms with Gasteiger partial charge in [0, 0.05) is 13.1 Å². The van der Waals surface area contributed by atoms with Crippen molar-refractivity contribution in [3.05, 3.63) is 0 Å². The first-order valence-electron chi connectivity index (χ1n) is 5.92. The summed E-state index contributed by atoms with van der Waals surface area (Å²) in [6.45, 7) is 3.45. The molecule has 0 bridgehead atoms. The molecule has 0 saturated carbocycles. The highest BCUT2D eigenvalue weighted by atomic mass is 19.3. The van der Waals surface area contributed by atoms with Gasteiger partial charge in [-0.2, -0.15) is 0 Å². The van der Waals surface area contributed by atoms with Crippen LogP contribution < -0.4 is 5.32 Å². The molecule has 0 aliphatic carbocycles. The molecular formula is C11H20F2N2O. The maximum atomic E-state index is 12.3. The number of halogens is 2. The molecule has 0 spiro atoms. The van der Waals surface area contributed by atoms with Crippen LogP contribution in [0.15, 0.2) is 0 Å². The number of nitrogens with one attached hydrogen (secondary N) is 1. The Kier molecular flexibility index (Phi) is 5.66. The lowest BCUT2D eigenvalue weighted by Gasteiger charge is -2.29. The van der Waals surface area contributed by atoms with E-state index in [9.17, 15) is 13.6 Å². The Balaban J connectivity index is 2.50. The van der Waals surface area contributed by atoms with E-state index < -0.39 is 13.0 Å². The summed E-state index contributed by atoms with van der Waals surface area (Å²) in [7, 11) is 0. The second-order valence-electron chi connectivity index (χ2n) is 4.22. The molecule has 1 fully saturated rings. The molecule has 1 saturated heterocycles. The van der Waals surface area contributed by atoms with Gasteiger partial charge in [0.15, 0.2) is 0 Å². The van der Waals surface area contributed by atoms with E-state index in [1.165, 1.54) is 4.90 Å². The first-order valence-corrected chi connectivity index (χ1v) is 5.92. The Morgan fingerprint density at radius 1 is 1.56 bits per heavy atom. The zero-order chi connectivity index (χ0) is 12.0. The maximum Gasteiger partial charge on any atom is 0.255 e. The topological polar surface area (TPSA) is 32.3 Å². The molecule has 0 aromatic heterocycles. The molecule has 94 valence electrons. The van der Waals surface area contributed by atoms with Crippen LogP contribution in [0.4, 0.5) is 8.78 Å². The summed E-state index contributed by atoms with van der Waals surface area (Å²) in [4.78, 5) is 13.3. The summed E-state index contributed by atoms with van der Waals surface area (Å²) in [6.07, 6.45) is 0.0471. The van der Waals surface area contributed by atoms with Gasteiger partial charge in [0.1, 0.15) is 0 Å². The van der Waals surface area contributed by atoms with E-state index in [4.69, 9.17) is 0 Å². The van der Waals surface area contributed by atoms with Crippen molar-refractivity contribution in [3.8, 4) is 0 Å². The van der Waals surface area contributed by atoms with Crippen LogP contribution in [0.25, 0.3) is 0 Å². The van der Waals surface area contributed by atoms with Crippen molar-refractivity contribution in [1.29, 1.82) is 0 Å². The predicted octanol–water partition coefficient (Wildman–Crippen LogP) is 1.49. The third-order valence-corrected chi connectivity index (χ3v) is 2.81. The summed E-state index contributed by atoms with van der Waals surface area (Å²) in [5, 5.41) is 3.13. The number of alkyl halides is 2. The molecule has 16 heavy (non-hydrogen) atoms. The number of carbonyl (C=O) groups excluding carboxylic acids is 1. The van der Waals surface area contributed by atoms with Crippen molar-refractivity contribution in [2.24, 2.45) is 5.92 Å². The molecule has 3 nitrogen and oxygen atoms in total. The van der Waals surface area contributed by atoms with Gasteiger partial charge in [-0.25, -0.2) is 8.78 Å². The highest BCUT2D eigenvalue weighted by Crippen LogP contribution is 2.14. The van der Waals surface area contributed by atoms with Crippen LogP contribution in [0.3, 0.4) is 0 Å². The van der Waals surface area contributed by atoms with Crippen molar-refractivity contribution >= 4 is 5.91 Å². The molecule has 1 rings (SSSR count). The Labute approximate surface area is 95.2 Å². The lowest BCUT2D eigenvalue weighted by molar-refractivity contribution is -0.138. The van der Waals surface area contributed by atoms with E-state index in [0.29, 0.717) is 13.1 Å². The second kappa shape index (κ2) is 6.78. The van der Waals surface area contributed by atoms with Gasteiger partial charge in [0.2, 0.25) is 5.91 Å². The van der Waals surface area contributed by atoms with Gasteiger partial charge in [0.05, 0.1) is 12.5 Å². The highest BCUT2D eigenvalue weighted by molar-refractivity contribution is 5.79. The number of piperidine rings is 1. The van der Waals surface area contributed by atoms with Gasteiger partial charge in [-0.15, -0.1) is 0 Å². The molecule has 1 amide bonds. The molecular weight excluding hydrogens is 214 g/mol. The number of nitrogens with zero attached hydrogens (tertiary/aromatic N) is 1. The van der Waals surface area contributed by atoms with E-state index in [1.807, 2.05) is 6.92 Å². The molecule has 1 aliphatic heterocycles. The largest absolute Gasteiger partial charge is 0.337 e. The van der Waals surface area contributed by atoms with E-state index in [1.54, 1.807) is 0 Å². The molecule has 0 aromatic rings. The van der Waals surface area contributed by atoms with E-state index in [-0.39, 0.29) is 11.8 Å². The van der Waals surface area contributed by atoms with Crippen LogP contribution in [-0.2, 0) is 4.79 Å². The van der Waals surface area contributed by atoms with Crippen LogP contribution in [0.2, 0.25) is 0 Å². The van der Waals surface area contributed by atoms with Gasteiger partial charge in [0.25, 0.3) is 6.43 Å². The SMILES string of the molecule is CCCN(CC(F)F)C(=O)C1CCCNC1. The average molecular weight is 234 g/mol. The molecule has 0 aromatic carbocycles. The Morgan fingerprint density at radius 3 is 2.81 bits per heavy atom. The van der Waals surface area contributed by atoms with Crippen molar-refractivity contribution in [2.75, 3.05) is 26.2 Å². The van der Waals surface area contributed by atoms with Gasteiger partial charge >= 0.3 is 0 Å². The summed E-state index contributed by atoms with van der Waals surface area (Å²) >= 11 is 0. The summed E-state index contributed by atoms with van der Waals surface area (Å²) in [5.74, 6) is -0.228. The van der Waals surface area contributed by atoms with Gasteiger partial charge < -0.3 is 10.2 Å². The van der Waals surface area contributed by atoms with Crippen molar-refractivity contribution in [1.82, 2.24) is 10.2 Å². The second-order valence-corrected chi connectivity index (χ2v) is 4.22. The molecule has 5 heteroatoms. The number of hydrogen-bond acceptors (Lipinski definition) is 2. The Hall–Kier alpha value is -0.710. The lowest BCUT2D eigenvalue weighted by Crippen LogP contribution is -2.45. The van der Waals surface area contributed by atoms with Crippen LogP contribution in [-0.4, -0.2) is 43.4 Å². The first kappa shape index (κ1) is 13.4. The van der Waals surface area contributed by atoms with Gasteiger partial charge in [-0.3, -0.25) is 4.79 Å². The normalized spacial score (nSPS) is 21.1. The monoisotopic (exact) mass is 234 g/mol. The summed E-state index contributed by atoms with van der Waals surface area (Å²) in [6, 6.07) is 0. The van der Waals surface area contributed by atoms with Crippen molar-refractivity contribution in [3.63, 3.8) is 0 Å². The molecule has 1 atom stereocenters. The molecule has 1 N–H and O–H groups in total. The molecule has 0 radical (unpaired) electrons. The third-order valence-electron chi connectivity index (χ3n) is 2.81. The quantitative estimate of drug-likeness (QED) is 0.781. The average Bonchev–Trinajstić information content (AvgIpc) is 2.28. The number of carbonyl (C=O) groups is 1. The van der Waals surface area contributed by atoms with Crippen molar-refractivity contribution in [2.45, 2.75) is 32.6 Å². The Bertz CT molecular complexity index is 218. The highest BCUT2D eigenvalue weighted by Gasteiger charge is 2.26. The third kappa shape index (κ3) is 4.04.